The predicted octanol–water partition coefficient (Wildman–Crippen LogP) is 0.444. The maximum atomic E-state index is 10.1. The van der Waals surface area contributed by atoms with E-state index in [9.17, 15) is 4.79 Å². The Bertz CT molecular complexity index is 101. The maximum Gasteiger partial charge on any atom is 0.320 e. The molecule has 0 aromatic rings. The summed E-state index contributed by atoms with van der Waals surface area (Å²) < 4.78 is 0. The zero-order chi connectivity index (χ0) is 7.44. The molecule has 0 bridgehead atoms. The van der Waals surface area contributed by atoms with Gasteiger partial charge in [0.15, 0.2) is 0 Å². The van der Waals surface area contributed by atoms with Crippen molar-refractivity contribution in [2.24, 2.45) is 11.7 Å². The largest absolute Gasteiger partial charge is 0.480 e. The van der Waals surface area contributed by atoms with Crippen molar-refractivity contribution in [1.82, 2.24) is 0 Å². The van der Waals surface area contributed by atoms with Crippen molar-refractivity contribution in [3.05, 3.63) is 0 Å². The van der Waals surface area contributed by atoms with Crippen molar-refractivity contribution >= 4 is 5.97 Å². The average Bonchev–Trinajstić information content (AvgIpc) is 1.63. The summed E-state index contributed by atoms with van der Waals surface area (Å²) in [5, 5.41) is 8.31. The van der Waals surface area contributed by atoms with Crippen LogP contribution in [-0.2, 0) is 4.79 Å². The summed E-state index contributed by atoms with van der Waals surface area (Å²) in [5.74, 6) is -0.556. The minimum absolute atomic E-state index is 0.357. The summed E-state index contributed by atoms with van der Waals surface area (Å²) in [6.45, 7) is 3.89. The number of hydrogen-bond donors (Lipinski definition) is 2. The second-order valence-electron chi connectivity index (χ2n) is 2.57. The zero-order valence-corrected chi connectivity index (χ0v) is 5.79. The second-order valence-corrected chi connectivity index (χ2v) is 2.57. The first-order chi connectivity index (χ1) is 4.04. The van der Waals surface area contributed by atoms with Gasteiger partial charge in [-0.1, -0.05) is 13.8 Å². The fourth-order valence-corrected chi connectivity index (χ4v) is 0.609. The van der Waals surface area contributed by atoms with E-state index in [1.165, 1.54) is 0 Å². The highest BCUT2D eigenvalue weighted by Gasteiger charge is 2.11. The minimum Gasteiger partial charge on any atom is -0.480 e. The van der Waals surface area contributed by atoms with E-state index in [1.807, 2.05) is 13.8 Å². The molecule has 0 aliphatic rings. The van der Waals surface area contributed by atoms with Crippen molar-refractivity contribution in [3.63, 3.8) is 0 Å². The van der Waals surface area contributed by atoms with E-state index in [0.29, 0.717) is 12.3 Å². The third-order valence-corrected chi connectivity index (χ3v) is 1.04. The van der Waals surface area contributed by atoms with Crippen LogP contribution >= 0.6 is 0 Å². The molecule has 0 radical (unpaired) electrons. The van der Waals surface area contributed by atoms with Crippen LogP contribution in [0.25, 0.3) is 0 Å². The first kappa shape index (κ1) is 8.43. The molecule has 0 aliphatic heterocycles. The van der Waals surface area contributed by atoms with Crippen LogP contribution in [0.2, 0.25) is 0 Å². The Balaban J connectivity index is 3.50. The van der Waals surface area contributed by atoms with Crippen molar-refractivity contribution < 1.29 is 9.90 Å². The quantitative estimate of drug-likeness (QED) is 0.555. The number of carboxylic acids is 1. The number of aliphatic carboxylic acids is 1. The van der Waals surface area contributed by atoms with Gasteiger partial charge in [-0.2, -0.15) is 0 Å². The van der Waals surface area contributed by atoms with Gasteiger partial charge in [0, 0.05) is 0 Å². The van der Waals surface area contributed by atoms with Crippen molar-refractivity contribution in [1.29, 1.82) is 0 Å². The molecule has 0 unspecified atom stereocenters. The van der Waals surface area contributed by atoms with Gasteiger partial charge < -0.3 is 10.8 Å². The topological polar surface area (TPSA) is 63.3 Å². The molecule has 0 aliphatic carbocycles. The summed E-state index contributed by atoms with van der Waals surface area (Å²) in [6.07, 6.45) is 0.551. The number of carboxylic acid groups (broad SMARTS) is 1. The van der Waals surface area contributed by atoms with Gasteiger partial charge in [0.25, 0.3) is 0 Å². The van der Waals surface area contributed by atoms with E-state index in [1.54, 1.807) is 0 Å². The number of hydrogen-bond acceptors (Lipinski definition) is 2. The van der Waals surface area contributed by atoms with Crippen LogP contribution < -0.4 is 5.73 Å². The fourth-order valence-electron chi connectivity index (χ4n) is 0.609. The van der Waals surface area contributed by atoms with Crippen LogP contribution in [0.5, 0.6) is 0 Å². The lowest BCUT2D eigenvalue weighted by Gasteiger charge is -2.07. The van der Waals surface area contributed by atoms with Gasteiger partial charge in [-0.25, -0.2) is 0 Å². The van der Waals surface area contributed by atoms with Gasteiger partial charge in [-0.3, -0.25) is 4.79 Å². The Labute approximate surface area is 54.9 Å². The smallest absolute Gasteiger partial charge is 0.320 e. The molecule has 3 nitrogen and oxygen atoms in total. The minimum atomic E-state index is -0.913. The Morgan fingerprint density at radius 1 is 1.67 bits per heavy atom. The lowest BCUT2D eigenvalue weighted by molar-refractivity contribution is -0.138. The van der Waals surface area contributed by atoms with E-state index in [-0.39, 0.29) is 0 Å². The highest BCUT2D eigenvalue weighted by Crippen LogP contribution is 2.01. The number of carbonyl (C=O) groups is 1. The van der Waals surface area contributed by atoms with Crippen molar-refractivity contribution in [2.75, 3.05) is 0 Å². The normalized spacial score (nSPS) is 13.8. The van der Waals surface area contributed by atoms with Crippen LogP contribution in [0, 0.1) is 5.92 Å². The van der Waals surface area contributed by atoms with Crippen molar-refractivity contribution in [2.45, 2.75) is 26.3 Å². The Morgan fingerprint density at radius 3 is 2.22 bits per heavy atom. The van der Waals surface area contributed by atoms with E-state index >= 15 is 0 Å². The number of nitrogens with two attached hydrogens (primary N) is 1. The molecule has 0 rings (SSSR count). The molecule has 0 saturated carbocycles. The van der Waals surface area contributed by atoms with E-state index in [0.717, 1.165) is 0 Å². The van der Waals surface area contributed by atoms with Gasteiger partial charge in [0.05, 0.1) is 0 Å². The third-order valence-electron chi connectivity index (χ3n) is 1.04. The predicted molar refractivity (Wildman–Crippen MR) is 35.1 cm³/mol. The first-order valence-electron chi connectivity index (χ1n) is 3.02. The molecule has 54 valence electrons. The van der Waals surface area contributed by atoms with E-state index < -0.39 is 12.0 Å². The monoisotopic (exact) mass is 137 g/mol. The van der Waals surface area contributed by atoms with Crippen LogP contribution in [0.1, 0.15) is 20.3 Å². The van der Waals surface area contributed by atoms with Crippen molar-refractivity contribution in [3.8, 4) is 0 Å². The summed E-state index contributed by atoms with van der Waals surface area (Å²) >= 11 is 0. The summed E-state index contributed by atoms with van der Waals surface area (Å²) in [6, 6.07) is -0.690. The third kappa shape index (κ3) is 3.97. The van der Waals surface area contributed by atoms with Gasteiger partial charge in [-0.05, 0) is 12.3 Å². The van der Waals surface area contributed by atoms with Crippen LogP contribution in [-0.4, -0.2) is 17.1 Å². The molecule has 0 aromatic carbocycles. The lowest BCUT2D eigenvalue weighted by Crippen LogP contribution is -2.31. The molecule has 0 amide bonds. The molecule has 3 heteroatoms. The molecule has 0 spiro atoms. The van der Waals surface area contributed by atoms with Gasteiger partial charge in [0.2, 0.25) is 0 Å². The first-order valence-corrected chi connectivity index (χ1v) is 3.02. The van der Waals surface area contributed by atoms with E-state index in [4.69, 9.17) is 10.8 Å². The van der Waals surface area contributed by atoms with Gasteiger partial charge >= 0.3 is 5.97 Å². The SMILES string of the molecule is [13CH3][13CH]([13CH3])[13CH2][13C@H](N)[13C](=O)O. The summed E-state index contributed by atoms with van der Waals surface area (Å²) in [7, 11) is 0. The molecule has 0 heterocycles. The van der Waals surface area contributed by atoms with Crippen LogP contribution in [0.3, 0.4) is 0 Å². The fraction of sp³-hybridized carbons (Fsp3) is 0.833. The van der Waals surface area contributed by atoms with Crippen LogP contribution in [0.4, 0.5) is 0 Å². The Hall–Kier alpha value is -0.570. The Morgan fingerprint density at radius 2 is 2.11 bits per heavy atom. The van der Waals surface area contributed by atoms with Crippen LogP contribution in [0.15, 0.2) is 0 Å². The molecule has 0 saturated heterocycles. The lowest BCUT2D eigenvalue weighted by atomic mass is 11.0. The zero-order valence-electron chi connectivity index (χ0n) is 5.79. The van der Waals surface area contributed by atoms with Gasteiger partial charge in [0.1, 0.15) is 6.04 Å². The molecular weight excluding hydrogens is 124 g/mol. The second kappa shape index (κ2) is 3.45. The molecule has 1 atom stereocenters. The standard InChI is InChI=1S/C6H13NO2/c1-4(2)3-5(7)6(8)9/h4-5H,3,7H2,1-2H3,(H,8,9)/t5-/m0/s1/i1+1,2+1,3+1,4+1,5+1,6+1. The Kier molecular flexibility index (Phi) is 3.24. The van der Waals surface area contributed by atoms with E-state index in [2.05, 4.69) is 0 Å². The molecular formula is C6H13NO2. The molecule has 0 fully saturated rings. The molecule has 3 N–H and O–H groups in total. The maximum absolute atomic E-state index is 10.1. The molecule has 9 heavy (non-hydrogen) atoms. The average molecular weight is 137 g/mol. The highest BCUT2D eigenvalue weighted by atomic mass is 16.5. The highest BCUT2D eigenvalue weighted by molar-refractivity contribution is 5.72. The molecule has 0 aromatic heterocycles. The van der Waals surface area contributed by atoms with Gasteiger partial charge in [-0.15, -0.1) is 0 Å². The number of rotatable bonds is 3. The summed E-state index contributed by atoms with van der Waals surface area (Å²) in [4.78, 5) is 10.1. The summed E-state index contributed by atoms with van der Waals surface area (Å²) in [5.41, 5.74) is 5.22.